The molecule has 2 unspecified atom stereocenters. The van der Waals surface area contributed by atoms with Crippen molar-refractivity contribution in [2.24, 2.45) is 17.6 Å². The lowest BCUT2D eigenvalue weighted by molar-refractivity contribution is -0.136. The molecule has 5 heteroatoms. The number of likely N-dealkylation sites (tertiary alicyclic amines) is 1. The van der Waals surface area contributed by atoms with Gasteiger partial charge in [0.05, 0.1) is 0 Å². The predicted molar refractivity (Wildman–Crippen MR) is 64.1 cm³/mol. The number of nitrogens with zero attached hydrogens (tertiary/aromatic N) is 1. The smallest absolute Gasteiger partial charge is 0.245 e. The summed E-state index contributed by atoms with van der Waals surface area (Å²) in [4.78, 5) is 25.2. The van der Waals surface area contributed by atoms with E-state index in [1.807, 2.05) is 4.90 Å². The summed E-state index contributed by atoms with van der Waals surface area (Å²) in [5.74, 6) is 1.04. The molecule has 2 amide bonds. The summed E-state index contributed by atoms with van der Waals surface area (Å²) in [6, 6.07) is -0.297. The van der Waals surface area contributed by atoms with Crippen molar-refractivity contribution >= 4 is 11.8 Å². The molecule has 2 rings (SSSR count). The van der Waals surface area contributed by atoms with Gasteiger partial charge in [0, 0.05) is 19.5 Å². The van der Waals surface area contributed by atoms with E-state index in [1.165, 1.54) is 0 Å². The van der Waals surface area contributed by atoms with Crippen LogP contribution in [0.25, 0.3) is 0 Å². The molecule has 17 heavy (non-hydrogen) atoms. The molecule has 3 atom stereocenters. The second kappa shape index (κ2) is 5.04. The van der Waals surface area contributed by atoms with E-state index in [1.54, 1.807) is 0 Å². The summed E-state index contributed by atoms with van der Waals surface area (Å²) >= 11 is 0. The van der Waals surface area contributed by atoms with Gasteiger partial charge in [0.15, 0.2) is 0 Å². The van der Waals surface area contributed by atoms with Gasteiger partial charge in [-0.3, -0.25) is 9.59 Å². The lowest BCUT2D eigenvalue weighted by Crippen LogP contribution is -2.51. The molecule has 2 aliphatic heterocycles. The van der Waals surface area contributed by atoms with Crippen LogP contribution < -0.4 is 11.1 Å². The van der Waals surface area contributed by atoms with Crippen molar-refractivity contribution in [2.45, 2.75) is 32.2 Å². The first kappa shape index (κ1) is 12.4. The Kier molecular flexibility index (Phi) is 3.66. The van der Waals surface area contributed by atoms with Crippen LogP contribution in [-0.4, -0.2) is 42.4 Å². The van der Waals surface area contributed by atoms with Gasteiger partial charge in [-0.2, -0.15) is 0 Å². The maximum Gasteiger partial charge on any atom is 0.245 e. The summed E-state index contributed by atoms with van der Waals surface area (Å²) in [6.45, 7) is 4.35. The molecular weight excluding hydrogens is 218 g/mol. The summed E-state index contributed by atoms with van der Waals surface area (Å²) in [7, 11) is 0. The Morgan fingerprint density at radius 2 is 2.29 bits per heavy atom. The highest BCUT2D eigenvalue weighted by atomic mass is 16.2. The number of nitrogens with one attached hydrogen (secondary N) is 1. The molecule has 0 aromatic carbocycles. The molecule has 2 aliphatic rings. The summed E-state index contributed by atoms with van der Waals surface area (Å²) in [5.41, 5.74) is 5.72. The maximum absolute atomic E-state index is 12.2. The van der Waals surface area contributed by atoms with Crippen LogP contribution in [-0.2, 0) is 9.59 Å². The van der Waals surface area contributed by atoms with Gasteiger partial charge in [0.25, 0.3) is 0 Å². The Labute approximate surface area is 102 Å². The molecule has 2 saturated heterocycles. The average molecular weight is 239 g/mol. The van der Waals surface area contributed by atoms with Gasteiger partial charge in [-0.05, 0) is 31.2 Å². The van der Waals surface area contributed by atoms with Crippen molar-refractivity contribution in [2.75, 3.05) is 19.6 Å². The van der Waals surface area contributed by atoms with Gasteiger partial charge in [0.1, 0.15) is 6.04 Å². The topological polar surface area (TPSA) is 75.4 Å². The SMILES string of the molecule is CC1CCN(C(=O)[C@@H]2CCC(=O)N2)CC1CN. The highest BCUT2D eigenvalue weighted by Crippen LogP contribution is 2.23. The van der Waals surface area contributed by atoms with Crippen molar-refractivity contribution < 1.29 is 9.59 Å². The third kappa shape index (κ3) is 2.60. The van der Waals surface area contributed by atoms with Gasteiger partial charge in [-0.15, -0.1) is 0 Å². The standard InChI is InChI=1S/C12H21N3O2/c1-8-4-5-15(7-9(8)6-13)12(17)10-2-3-11(16)14-10/h8-10H,2-7,13H2,1H3,(H,14,16)/t8?,9?,10-/m0/s1. The number of piperidine rings is 1. The minimum atomic E-state index is -0.297. The molecule has 0 aromatic heterocycles. The molecule has 0 saturated carbocycles. The third-order valence-electron chi connectivity index (χ3n) is 4.02. The van der Waals surface area contributed by atoms with E-state index in [-0.39, 0.29) is 17.9 Å². The third-order valence-corrected chi connectivity index (χ3v) is 4.02. The van der Waals surface area contributed by atoms with Gasteiger partial charge < -0.3 is 16.0 Å². The monoisotopic (exact) mass is 239 g/mol. The number of carbonyl (C=O) groups is 2. The minimum absolute atomic E-state index is 0.0101. The van der Waals surface area contributed by atoms with Crippen LogP contribution in [0.15, 0.2) is 0 Å². The van der Waals surface area contributed by atoms with Crippen LogP contribution in [0, 0.1) is 11.8 Å². The number of nitrogens with two attached hydrogens (primary N) is 1. The lowest BCUT2D eigenvalue weighted by Gasteiger charge is -2.37. The molecule has 3 N–H and O–H groups in total. The van der Waals surface area contributed by atoms with E-state index in [2.05, 4.69) is 12.2 Å². The van der Waals surface area contributed by atoms with Crippen LogP contribution in [0.5, 0.6) is 0 Å². The number of hydrogen-bond donors (Lipinski definition) is 2. The molecule has 0 aliphatic carbocycles. The van der Waals surface area contributed by atoms with Crippen LogP contribution in [0.3, 0.4) is 0 Å². The molecule has 2 fully saturated rings. The van der Waals surface area contributed by atoms with E-state index in [9.17, 15) is 9.59 Å². The zero-order valence-corrected chi connectivity index (χ0v) is 10.3. The number of amides is 2. The summed E-state index contributed by atoms with van der Waals surface area (Å²) < 4.78 is 0. The van der Waals surface area contributed by atoms with Gasteiger partial charge >= 0.3 is 0 Å². The normalized spacial score (nSPS) is 33.6. The minimum Gasteiger partial charge on any atom is -0.344 e. The van der Waals surface area contributed by atoms with E-state index in [4.69, 9.17) is 5.73 Å². The molecule has 0 bridgehead atoms. The summed E-state index contributed by atoms with van der Waals surface area (Å²) in [6.07, 6.45) is 2.12. The summed E-state index contributed by atoms with van der Waals surface area (Å²) in [5, 5.41) is 2.73. The number of carbonyl (C=O) groups excluding carboxylic acids is 2. The van der Waals surface area contributed by atoms with Gasteiger partial charge in [0.2, 0.25) is 11.8 Å². The Bertz CT molecular complexity index is 319. The highest BCUT2D eigenvalue weighted by Gasteiger charge is 2.34. The Balaban J connectivity index is 1.94. The average Bonchev–Trinajstić information content (AvgIpc) is 2.75. The van der Waals surface area contributed by atoms with Crippen molar-refractivity contribution in [1.29, 1.82) is 0 Å². The number of rotatable bonds is 2. The Morgan fingerprint density at radius 1 is 1.53 bits per heavy atom. The van der Waals surface area contributed by atoms with E-state index < -0.39 is 0 Å². The molecule has 2 heterocycles. The largest absolute Gasteiger partial charge is 0.344 e. The van der Waals surface area contributed by atoms with Crippen LogP contribution in [0.4, 0.5) is 0 Å². The Hall–Kier alpha value is -1.10. The van der Waals surface area contributed by atoms with Crippen molar-refractivity contribution in [3.05, 3.63) is 0 Å². The molecular formula is C12H21N3O2. The van der Waals surface area contributed by atoms with Crippen LogP contribution >= 0.6 is 0 Å². The van der Waals surface area contributed by atoms with Crippen LogP contribution in [0.1, 0.15) is 26.2 Å². The lowest BCUT2D eigenvalue weighted by atomic mass is 9.87. The fourth-order valence-electron chi connectivity index (χ4n) is 2.68. The maximum atomic E-state index is 12.2. The molecule has 0 radical (unpaired) electrons. The van der Waals surface area contributed by atoms with Crippen molar-refractivity contribution in [3.8, 4) is 0 Å². The first-order valence-electron chi connectivity index (χ1n) is 6.40. The molecule has 0 spiro atoms. The fraction of sp³-hybridized carbons (Fsp3) is 0.833. The van der Waals surface area contributed by atoms with Crippen molar-refractivity contribution in [3.63, 3.8) is 0 Å². The number of hydrogen-bond acceptors (Lipinski definition) is 3. The second-order valence-corrected chi connectivity index (χ2v) is 5.20. The molecule has 96 valence electrons. The molecule has 5 nitrogen and oxygen atoms in total. The fourth-order valence-corrected chi connectivity index (χ4v) is 2.68. The zero-order valence-electron chi connectivity index (χ0n) is 10.3. The highest BCUT2D eigenvalue weighted by molar-refractivity contribution is 5.90. The quantitative estimate of drug-likeness (QED) is 0.695. The zero-order chi connectivity index (χ0) is 12.4. The van der Waals surface area contributed by atoms with Gasteiger partial charge in [-0.25, -0.2) is 0 Å². The van der Waals surface area contributed by atoms with E-state index in [0.29, 0.717) is 31.2 Å². The molecule has 0 aromatic rings. The first-order valence-corrected chi connectivity index (χ1v) is 6.40. The van der Waals surface area contributed by atoms with E-state index >= 15 is 0 Å². The first-order chi connectivity index (χ1) is 8.11. The second-order valence-electron chi connectivity index (χ2n) is 5.20. The van der Waals surface area contributed by atoms with Crippen LogP contribution in [0.2, 0.25) is 0 Å². The predicted octanol–water partition coefficient (Wildman–Crippen LogP) is -0.292. The van der Waals surface area contributed by atoms with Crippen molar-refractivity contribution in [1.82, 2.24) is 10.2 Å². The van der Waals surface area contributed by atoms with Gasteiger partial charge in [-0.1, -0.05) is 6.92 Å². The Morgan fingerprint density at radius 3 is 2.88 bits per heavy atom. The van der Waals surface area contributed by atoms with E-state index in [0.717, 1.165) is 19.5 Å².